The molecule has 2 aliphatic rings. The number of rotatable bonds is 7. The Morgan fingerprint density at radius 2 is 1.24 bits per heavy atom. The molecule has 10 heteroatoms. The zero-order chi connectivity index (χ0) is 29.3. The Bertz CT molecular complexity index is 1790. The molecule has 234 valence electrons. The minimum Gasteiger partial charge on any atom is -0.488 e. The molecule has 0 bridgehead atoms. The van der Waals surface area contributed by atoms with Crippen LogP contribution in [0.4, 0.5) is 13.2 Å². The maximum Gasteiger partial charge on any atom is 0.159 e. The molecule has 3 heterocycles. The number of nitrogens with zero attached hydrogens (tertiary/aromatic N) is 1. The Morgan fingerprint density at radius 1 is 0.600 bits per heavy atom. The van der Waals surface area contributed by atoms with Crippen LogP contribution in [-0.2, 0) is 0 Å². The summed E-state index contributed by atoms with van der Waals surface area (Å²) in [6.07, 6.45) is 3.63. The van der Waals surface area contributed by atoms with Crippen molar-refractivity contribution >= 4 is 35.7 Å². The van der Waals surface area contributed by atoms with Crippen molar-refractivity contribution < 1.29 is 22.6 Å². The summed E-state index contributed by atoms with van der Waals surface area (Å²) in [7, 11) is 0. The van der Waals surface area contributed by atoms with Gasteiger partial charge in [0, 0.05) is 47.4 Å². The largest absolute Gasteiger partial charge is 0.488 e. The molecule has 5 nitrogen and oxygen atoms in total. The van der Waals surface area contributed by atoms with E-state index in [9.17, 15) is 13.2 Å². The standard InChI is InChI=1S/C35H30F3N3O2.2ClH/c36-26-5-1-21(2-6-26)29-14-22(4-8-34(29)42-27-9-11-39-19-27)25-13-24-15-30(23-3-7-31(37)32(38)16-23)35(17-33(24)41-18-25)43-28-10-12-40-20-28;;/h1-8,13-18,27-28,39-40H,9-12,19-20H2;2*1H/t27-,28-;;/m0../s1. The first kappa shape index (κ1) is 32.6. The smallest absolute Gasteiger partial charge is 0.159 e. The molecule has 0 unspecified atom stereocenters. The molecule has 4 aromatic carbocycles. The van der Waals surface area contributed by atoms with Gasteiger partial charge in [-0.25, -0.2) is 13.2 Å². The number of halogens is 5. The highest BCUT2D eigenvalue weighted by atomic mass is 35.5. The Hall–Kier alpha value is -3.82. The third-order valence-corrected chi connectivity index (χ3v) is 8.10. The van der Waals surface area contributed by atoms with E-state index in [4.69, 9.17) is 14.5 Å². The van der Waals surface area contributed by atoms with Gasteiger partial charge in [-0.15, -0.1) is 24.8 Å². The molecule has 5 aromatic rings. The highest BCUT2D eigenvalue weighted by molar-refractivity contribution is 5.91. The number of pyridine rings is 1. The van der Waals surface area contributed by atoms with E-state index in [0.717, 1.165) is 84.0 Å². The van der Waals surface area contributed by atoms with E-state index in [0.29, 0.717) is 16.9 Å². The maximum absolute atomic E-state index is 14.3. The average Bonchev–Trinajstić information content (AvgIpc) is 3.74. The van der Waals surface area contributed by atoms with Crippen molar-refractivity contribution in [2.45, 2.75) is 25.0 Å². The van der Waals surface area contributed by atoms with Gasteiger partial charge in [0.2, 0.25) is 0 Å². The monoisotopic (exact) mass is 653 g/mol. The predicted molar refractivity (Wildman–Crippen MR) is 176 cm³/mol. The summed E-state index contributed by atoms with van der Waals surface area (Å²) >= 11 is 0. The number of hydrogen-bond acceptors (Lipinski definition) is 5. The van der Waals surface area contributed by atoms with Gasteiger partial charge in [0.25, 0.3) is 0 Å². The fraction of sp³-hybridized carbons (Fsp3) is 0.229. The van der Waals surface area contributed by atoms with Crippen molar-refractivity contribution in [1.82, 2.24) is 15.6 Å². The quantitative estimate of drug-likeness (QED) is 0.187. The van der Waals surface area contributed by atoms with Crippen LogP contribution >= 0.6 is 24.8 Å². The summed E-state index contributed by atoms with van der Waals surface area (Å²) in [6.45, 7) is 3.27. The third kappa shape index (κ3) is 7.05. The summed E-state index contributed by atoms with van der Waals surface area (Å²) in [5.74, 6) is -0.799. The molecule has 1 aromatic heterocycles. The Labute approximate surface area is 272 Å². The van der Waals surface area contributed by atoms with E-state index in [2.05, 4.69) is 10.6 Å². The first-order chi connectivity index (χ1) is 21.0. The molecule has 2 aliphatic heterocycles. The van der Waals surface area contributed by atoms with E-state index in [1.165, 1.54) is 18.2 Å². The number of nitrogens with one attached hydrogen (secondary N) is 2. The summed E-state index contributed by atoms with van der Waals surface area (Å²) in [5.41, 5.74) is 5.41. The van der Waals surface area contributed by atoms with Gasteiger partial charge in [0.15, 0.2) is 11.6 Å². The number of aromatic nitrogens is 1. The second-order valence-corrected chi connectivity index (χ2v) is 11.1. The zero-order valence-corrected chi connectivity index (χ0v) is 25.8. The molecule has 7 rings (SSSR count). The van der Waals surface area contributed by atoms with Gasteiger partial charge in [-0.1, -0.05) is 24.3 Å². The lowest BCUT2D eigenvalue weighted by atomic mass is 9.97. The Morgan fingerprint density at radius 3 is 1.91 bits per heavy atom. The second kappa shape index (κ2) is 14.1. The van der Waals surface area contributed by atoms with Crippen LogP contribution in [0, 0.1) is 17.5 Å². The zero-order valence-electron chi connectivity index (χ0n) is 24.2. The number of ether oxygens (including phenoxy) is 2. The molecule has 2 N–H and O–H groups in total. The second-order valence-electron chi connectivity index (χ2n) is 11.1. The normalized spacial score (nSPS) is 17.5. The van der Waals surface area contributed by atoms with Crippen LogP contribution < -0.4 is 20.1 Å². The van der Waals surface area contributed by atoms with E-state index < -0.39 is 11.6 Å². The van der Waals surface area contributed by atoms with Gasteiger partial charge in [-0.05, 0) is 91.2 Å². The first-order valence-electron chi connectivity index (χ1n) is 14.5. The van der Waals surface area contributed by atoms with Gasteiger partial charge in [0.1, 0.15) is 29.5 Å². The molecule has 2 atom stereocenters. The van der Waals surface area contributed by atoms with Gasteiger partial charge in [0.05, 0.1) is 5.52 Å². The molecule has 0 amide bonds. The molecule has 0 radical (unpaired) electrons. The molecule has 0 aliphatic carbocycles. The fourth-order valence-corrected chi connectivity index (χ4v) is 5.79. The lowest BCUT2D eigenvalue weighted by Gasteiger charge is -2.18. The Balaban J connectivity index is 0.00000200. The highest BCUT2D eigenvalue weighted by Gasteiger charge is 2.21. The molecular formula is C35H32Cl2F3N3O2. The van der Waals surface area contributed by atoms with E-state index >= 15 is 0 Å². The van der Waals surface area contributed by atoms with Crippen LogP contribution in [0.3, 0.4) is 0 Å². The molecule has 2 fully saturated rings. The van der Waals surface area contributed by atoms with Crippen molar-refractivity contribution in [2.24, 2.45) is 0 Å². The molecule has 45 heavy (non-hydrogen) atoms. The van der Waals surface area contributed by atoms with Crippen LogP contribution in [0.1, 0.15) is 12.8 Å². The van der Waals surface area contributed by atoms with Crippen LogP contribution in [0.25, 0.3) is 44.3 Å². The van der Waals surface area contributed by atoms with Crippen molar-refractivity contribution in [2.75, 3.05) is 26.2 Å². The first-order valence-corrected chi connectivity index (χ1v) is 14.5. The van der Waals surface area contributed by atoms with Crippen molar-refractivity contribution in [3.63, 3.8) is 0 Å². The minimum atomic E-state index is -0.915. The third-order valence-electron chi connectivity index (χ3n) is 8.10. The molecular weight excluding hydrogens is 622 g/mol. The highest BCUT2D eigenvalue weighted by Crippen LogP contribution is 2.39. The Kier molecular flexibility index (Phi) is 10.2. The summed E-state index contributed by atoms with van der Waals surface area (Å²) in [6, 6.07) is 22.1. The van der Waals surface area contributed by atoms with E-state index in [1.54, 1.807) is 18.2 Å². The SMILES string of the molecule is Cl.Cl.Fc1ccc(-c2cc(-c3cnc4cc(O[C@H]5CCNC5)c(-c5ccc(F)c(F)c5)cc4c3)ccc2O[C@H]2CCNC2)cc1. The number of fused-ring (bicyclic) bond motifs is 1. The fourth-order valence-electron chi connectivity index (χ4n) is 5.79. The van der Waals surface area contributed by atoms with Crippen molar-refractivity contribution in [3.05, 3.63) is 103 Å². The minimum absolute atomic E-state index is 0. The number of hydrogen-bond donors (Lipinski definition) is 2. The topological polar surface area (TPSA) is 55.4 Å². The molecule has 0 saturated carbocycles. The predicted octanol–water partition coefficient (Wildman–Crippen LogP) is 7.98. The van der Waals surface area contributed by atoms with Crippen molar-refractivity contribution in [3.8, 4) is 44.9 Å². The van der Waals surface area contributed by atoms with Gasteiger partial charge >= 0.3 is 0 Å². The van der Waals surface area contributed by atoms with E-state index in [1.807, 2.05) is 42.6 Å². The molecule has 0 spiro atoms. The van der Waals surface area contributed by atoms with Crippen LogP contribution in [-0.4, -0.2) is 43.4 Å². The van der Waals surface area contributed by atoms with Gasteiger partial charge < -0.3 is 20.1 Å². The number of benzene rings is 4. The van der Waals surface area contributed by atoms with Gasteiger partial charge in [-0.2, -0.15) is 0 Å². The lowest BCUT2D eigenvalue weighted by molar-refractivity contribution is 0.224. The maximum atomic E-state index is 14.3. The van der Waals surface area contributed by atoms with Gasteiger partial charge in [-0.3, -0.25) is 4.98 Å². The molecule has 2 saturated heterocycles. The van der Waals surface area contributed by atoms with E-state index in [-0.39, 0.29) is 42.8 Å². The van der Waals surface area contributed by atoms with Crippen LogP contribution in [0.5, 0.6) is 11.5 Å². The van der Waals surface area contributed by atoms with Crippen LogP contribution in [0.2, 0.25) is 0 Å². The lowest BCUT2D eigenvalue weighted by Crippen LogP contribution is -2.20. The van der Waals surface area contributed by atoms with Crippen LogP contribution in [0.15, 0.2) is 85.1 Å². The summed E-state index contributed by atoms with van der Waals surface area (Å²) < 4.78 is 54.5. The van der Waals surface area contributed by atoms with Crippen molar-refractivity contribution in [1.29, 1.82) is 0 Å². The average molecular weight is 655 g/mol. The summed E-state index contributed by atoms with van der Waals surface area (Å²) in [4.78, 5) is 4.76. The summed E-state index contributed by atoms with van der Waals surface area (Å²) in [5, 5.41) is 7.45.